The highest BCUT2D eigenvalue weighted by Crippen LogP contribution is 2.32. The van der Waals surface area contributed by atoms with Crippen molar-refractivity contribution in [1.29, 1.82) is 0 Å². The van der Waals surface area contributed by atoms with E-state index in [-0.39, 0.29) is 17.6 Å². The highest BCUT2D eigenvalue weighted by molar-refractivity contribution is 5.99. The second-order valence-corrected chi connectivity index (χ2v) is 4.93. The van der Waals surface area contributed by atoms with Gasteiger partial charge in [-0.15, -0.1) is 0 Å². The van der Waals surface area contributed by atoms with E-state index in [0.717, 1.165) is 12.1 Å². The number of benzene rings is 1. The number of anilines is 1. The van der Waals surface area contributed by atoms with Gasteiger partial charge < -0.3 is 5.73 Å². The Labute approximate surface area is 111 Å². The largest absolute Gasteiger partial charge is 0.368 e. The van der Waals surface area contributed by atoms with Crippen LogP contribution in [0, 0.1) is 6.92 Å². The molecule has 1 atom stereocenters. The lowest BCUT2D eigenvalue weighted by atomic mass is 9.81. The van der Waals surface area contributed by atoms with E-state index in [1.165, 1.54) is 5.56 Å². The number of hydrogen-bond acceptors (Lipinski definition) is 4. The van der Waals surface area contributed by atoms with Gasteiger partial charge in [0.1, 0.15) is 0 Å². The number of carbonyl (C=O) groups excluding carboxylic acids is 1. The minimum Gasteiger partial charge on any atom is -0.368 e. The maximum atomic E-state index is 12.3. The van der Waals surface area contributed by atoms with Crippen molar-refractivity contribution in [2.75, 3.05) is 5.73 Å². The van der Waals surface area contributed by atoms with Crippen molar-refractivity contribution in [2.24, 2.45) is 0 Å². The van der Waals surface area contributed by atoms with Crippen molar-refractivity contribution in [3.8, 4) is 0 Å². The normalized spacial score (nSPS) is 18.2. The number of nitrogens with zero attached hydrogens (tertiary/aromatic N) is 2. The highest BCUT2D eigenvalue weighted by atomic mass is 16.1. The van der Waals surface area contributed by atoms with Crippen LogP contribution >= 0.6 is 0 Å². The van der Waals surface area contributed by atoms with E-state index in [1.54, 1.807) is 0 Å². The third-order valence-corrected chi connectivity index (χ3v) is 3.60. The lowest BCUT2D eigenvalue weighted by Gasteiger charge is -2.24. The second kappa shape index (κ2) is 4.46. The van der Waals surface area contributed by atoms with E-state index < -0.39 is 0 Å². The molecule has 4 heteroatoms. The SMILES string of the molecule is Cc1nc(N)nc2c1C(=O)C[C@@H](c1ccccc1)C2. The Morgan fingerprint density at radius 3 is 2.63 bits per heavy atom. The molecular weight excluding hydrogens is 238 g/mol. The average molecular weight is 253 g/mol. The Hall–Kier alpha value is -2.23. The number of hydrogen-bond donors (Lipinski definition) is 1. The summed E-state index contributed by atoms with van der Waals surface area (Å²) >= 11 is 0. The summed E-state index contributed by atoms with van der Waals surface area (Å²) in [7, 11) is 0. The van der Waals surface area contributed by atoms with Crippen LogP contribution in [-0.4, -0.2) is 15.8 Å². The van der Waals surface area contributed by atoms with Gasteiger partial charge >= 0.3 is 0 Å². The van der Waals surface area contributed by atoms with Gasteiger partial charge in [0, 0.05) is 6.42 Å². The molecule has 0 fully saturated rings. The third-order valence-electron chi connectivity index (χ3n) is 3.60. The van der Waals surface area contributed by atoms with Crippen LogP contribution in [0.5, 0.6) is 0 Å². The first-order chi connectivity index (χ1) is 9.15. The van der Waals surface area contributed by atoms with Crippen molar-refractivity contribution in [3.05, 3.63) is 52.8 Å². The number of Topliss-reactive ketones (excluding diaryl/α,β-unsaturated/α-hetero) is 1. The summed E-state index contributed by atoms with van der Waals surface area (Å²) in [5.74, 6) is 0.556. The molecule has 2 aromatic rings. The predicted molar refractivity (Wildman–Crippen MR) is 73.0 cm³/mol. The molecule has 2 N–H and O–H groups in total. The lowest BCUT2D eigenvalue weighted by molar-refractivity contribution is 0.0962. The van der Waals surface area contributed by atoms with Gasteiger partial charge in [0.05, 0.1) is 17.0 Å². The highest BCUT2D eigenvalue weighted by Gasteiger charge is 2.29. The van der Waals surface area contributed by atoms with Gasteiger partial charge in [-0.2, -0.15) is 0 Å². The van der Waals surface area contributed by atoms with Crippen LogP contribution in [0.3, 0.4) is 0 Å². The summed E-state index contributed by atoms with van der Waals surface area (Å²) < 4.78 is 0. The average Bonchev–Trinajstić information content (AvgIpc) is 2.38. The number of fused-ring (bicyclic) bond motifs is 1. The number of aryl methyl sites for hydroxylation is 1. The molecule has 1 aliphatic rings. The number of carbonyl (C=O) groups is 1. The second-order valence-electron chi connectivity index (χ2n) is 4.93. The predicted octanol–water partition coefficient (Wildman–Crippen LogP) is 2.28. The molecule has 1 aromatic carbocycles. The van der Waals surface area contributed by atoms with Crippen LogP contribution in [0.15, 0.2) is 30.3 Å². The van der Waals surface area contributed by atoms with Gasteiger partial charge in [-0.3, -0.25) is 4.79 Å². The Morgan fingerprint density at radius 2 is 1.89 bits per heavy atom. The summed E-state index contributed by atoms with van der Waals surface area (Å²) in [5.41, 5.74) is 9.00. The van der Waals surface area contributed by atoms with Crippen molar-refractivity contribution in [1.82, 2.24) is 9.97 Å². The van der Waals surface area contributed by atoms with Gasteiger partial charge in [-0.1, -0.05) is 30.3 Å². The first-order valence-electron chi connectivity index (χ1n) is 6.36. The minimum atomic E-state index is 0.118. The smallest absolute Gasteiger partial charge is 0.220 e. The van der Waals surface area contributed by atoms with Crippen LogP contribution in [0.4, 0.5) is 5.95 Å². The van der Waals surface area contributed by atoms with Crippen LogP contribution < -0.4 is 5.73 Å². The topological polar surface area (TPSA) is 68.9 Å². The Balaban J connectivity index is 2.03. The zero-order valence-corrected chi connectivity index (χ0v) is 10.8. The van der Waals surface area contributed by atoms with Crippen LogP contribution in [-0.2, 0) is 6.42 Å². The minimum absolute atomic E-state index is 0.118. The molecule has 1 aliphatic carbocycles. The molecule has 0 radical (unpaired) electrons. The Morgan fingerprint density at radius 1 is 1.16 bits per heavy atom. The quantitative estimate of drug-likeness (QED) is 0.846. The molecule has 0 aliphatic heterocycles. The number of nitrogens with two attached hydrogens (primary N) is 1. The molecule has 0 amide bonds. The van der Waals surface area contributed by atoms with E-state index in [4.69, 9.17) is 5.73 Å². The van der Waals surface area contributed by atoms with Gasteiger partial charge in [0.2, 0.25) is 5.95 Å². The van der Waals surface area contributed by atoms with Crippen LogP contribution in [0.25, 0.3) is 0 Å². The van der Waals surface area contributed by atoms with E-state index >= 15 is 0 Å². The first-order valence-corrected chi connectivity index (χ1v) is 6.36. The molecule has 0 unspecified atom stereocenters. The standard InChI is InChI=1S/C15H15N3O/c1-9-14-12(18-15(16)17-9)7-11(8-13(14)19)10-5-3-2-4-6-10/h2-6,11H,7-8H2,1H3,(H2,16,17,18)/t11-/m0/s1. The summed E-state index contributed by atoms with van der Waals surface area (Å²) in [6.45, 7) is 1.82. The van der Waals surface area contributed by atoms with Crippen LogP contribution in [0.1, 0.15) is 39.6 Å². The summed E-state index contributed by atoms with van der Waals surface area (Å²) in [5, 5.41) is 0. The fraction of sp³-hybridized carbons (Fsp3) is 0.267. The molecule has 3 rings (SSSR count). The third kappa shape index (κ3) is 2.10. The zero-order chi connectivity index (χ0) is 13.4. The molecular formula is C15H15N3O. The van der Waals surface area contributed by atoms with Crippen LogP contribution in [0.2, 0.25) is 0 Å². The molecule has 1 aromatic heterocycles. The van der Waals surface area contributed by atoms with E-state index in [1.807, 2.05) is 25.1 Å². The first kappa shape index (κ1) is 11.8. The lowest BCUT2D eigenvalue weighted by Crippen LogP contribution is -2.22. The zero-order valence-electron chi connectivity index (χ0n) is 10.8. The van der Waals surface area contributed by atoms with E-state index in [0.29, 0.717) is 17.7 Å². The molecule has 96 valence electrons. The summed E-state index contributed by atoms with van der Waals surface area (Å²) in [6, 6.07) is 10.1. The Bertz CT molecular complexity index is 637. The maximum absolute atomic E-state index is 12.3. The monoisotopic (exact) mass is 253 g/mol. The molecule has 19 heavy (non-hydrogen) atoms. The van der Waals surface area contributed by atoms with Gasteiger partial charge in [0.15, 0.2) is 5.78 Å². The molecule has 0 spiro atoms. The van der Waals surface area contributed by atoms with Crippen molar-refractivity contribution in [3.63, 3.8) is 0 Å². The summed E-state index contributed by atoms with van der Waals surface area (Å²) in [6.07, 6.45) is 1.27. The molecule has 1 heterocycles. The Kier molecular flexibility index (Phi) is 2.78. The molecule has 4 nitrogen and oxygen atoms in total. The fourth-order valence-corrected chi connectivity index (χ4v) is 2.76. The number of nitrogen functional groups attached to an aromatic ring is 1. The van der Waals surface area contributed by atoms with Crippen molar-refractivity contribution in [2.45, 2.75) is 25.7 Å². The molecule has 0 saturated heterocycles. The molecule has 0 saturated carbocycles. The number of aromatic nitrogens is 2. The van der Waals surface area contributed by atoms with Gasteiger partial charge in [-0.25, -0.2) is 9.97 Å². The van der Waals surface area contributed by atoms with E-state index in [9.17, 15) is 4.79 Å². The molecule has 0 bridgehead atoms. The maximum Gasteiger partial charge on any atom is 0.220 e. The number of rotatable bonds is 1. The van der Waals surface area contributed by atoms with Crippen molar-refractivity contribution < 1.29 is 4.79 Å². The van der Waals surface area contributed by atoms with E-state index in [2.05, 4.69) is 22.1 Å². The van der Waals surface area contributed by atoms with Crippen molar-refractivity contribution >= 4 is 11.7 Å². The fourth-order valence-electron chi connectivity index (χ4n) is 2.76. The summed E-state index contributed by atoms with van der Waals surface area (Å²) in [4.78, 5) is 20.6. The van der Waals surface area contributed by atoms with Gasteiger partial charge in [0.25, 0.3) is 0 Å². The number of ketones is 1. The van der Waals surface area contributed by atoms with Gasteiger partial charge in [-0.05, 0) is 24.8 Å².